The number of benzene rings is 2. The van der Waals surface area contributed by atoms with Crippen molar-refractivity contribution in [2.45, 2.75) is 77.7 Å². The number of nitrogens with one attached hydrogen (secondary N) is 1. The minimum absolute atomic E-state index is 0.0118. The lowest BCUT2D eigenvalue weighted by Crippen LogP contribution is -2.58. The summed E-state index contributed by atoms with van der Waals surface area (Å²) in [7, 11) is 5.03. The van der Waals surface area contributed by atoms with Gasteiger partial charge < -0.3 is 39.8 Å². The second kappa shape index (κ2) is 16.0. The van der Waals surface area contributed by atoms with Crippen LogP contribution in [-0.4, -0.2) is 89.0 Å². The molecule has 3 N–H and O–H groups in total. The van der Waals surface area contributed by atoms with Gasteiger partial charge in [-0.15, -0.1) is 0 Å². The van der Waals surface area contributed by atoms with E-state index in [0.29, 0.717) is 39.2 Å². The van der Waals surface area contributed by atoms with Crippen LogP contribution in [0.15, 0.2) is 42.5 Å². The molecule has 10 nitrogen and oxygen atoms in total. The molecule has 10 heteroatoms. The smallest absolute Gasteiger partial charge is 0.240 e. The van der Waals surface area contributed by atoms with Gasteiger partial charge in [-0.3, -0.25) is 9.59 Å². The van der Waals surface area contributed by atoms with E-state index in [2.05, 4.69) is 34.5 Å². The van der Waals surface area contributed by atoms with Crippen molar-refractivity contribution in [3.05, 3.63) is 53.6 Å². The molecule has 2 aromatic carbocycles. The van der Waals surface area contributed by atoms with Crippen molar-refractivity contribution in [2.24, 2.45) is 17.1 Å². The third kappa shape index (κ3) is 8.52. The third-order valence-corrected chi connectivity index (χ3v) is 9.43. The van der Waals surface area contributed by atoms with E-state index in [0.717, 1.165) is 47.8 Å². The largest absolute Gasteiger partial charge is 0.497 e. The maximum absolute atomic E-state index is 13.9. The summed E-state index contributed by atoms with van der Waals surface area (Å²) >= 11 is 0. The zero-order valence-electron chi connectivity index (χ0n) is 28.7. The molecule has 0 spiro atoms. The van der Waals surface area contributed by atoms with Crippen molar-refractivity contribution in [1.82, 2.24) is 10.2 Å². The molecule has 254 valence electrons. The molecule has 2 aliphatic heterocycles. The first-order valence-electron chi connectivity index (χ1n) is 16.5. The van der Waals surface area contributed by atoms with Gasteiger partial charge in [0.15, 0.2) is 0 Å². The van der Waals surface area contributed by atoms with Gasteiger partial charge in [-0.05, 0) is 60.6 Å². The molecule has 1 saturated heterocycles. The van der Waals surface area contributed by atoms with E-state index in [1.54, 1.807) is 21.3 Å². The number of anilines is 1. The number of piperidine rings is 1. The molecule has 4 atom stereocenters. The number of amides is 2. The molecule has 0 bridgehead atoms. The van der Waals surface area contributed by atoms with Gasteiger partial charge in [-0.25, -0.2) is 0 Å². The second-order valence-electron chi connectivity index (χ2n) is 13.5. The number of carbonyl (C=O) groups is 2. The maximum Gasteiger partial charge on any atom is 0.240 e. The Morgan fingerprint density at radius 1 is 1.13 bits per heavy atom. The Labute approximate surface area is 274 Å². The minimum atomic E-state index is -0.682. The Balaban J connectivity index is 1.64. The molecule has 1 fully saturated rings. The zero-order valence-corrected chi connectivity index (χ0v) is 28.7. The first-order chi connectivity index (χ1) is 22.0. The van der Waals surface area contributed by atoms with Gasteiger partial charge in [0.25, 0.3) is 0 Å². The number of likely N-dealkylation sites (tertiary alicyclic amines) is 1. The molecule has 2 aliphatic rings. The molecule has 0 radical (unpaired) electrons. The lowest BCUT2D eigenvalue weighted by atomic mass is 9.76. The van der Waals surface area contributed by atoms with Gasteiger partial charge in [0, 0.05) is 51.2 Å². The highest BCUT2D eigenvalue weighted by Gasteiger charge is 2.44. The quantitative estimate of drug-likeness (QED) is 0.294. The van der Waals surface area contributed by atoms with Crippen LogP contribution in [0.4, 0.5) is 5.69 Å². The van der Waals surface area contributed by atoms with E-state index in [-0.39, 0.29) is 35.8 Å². The molecule has 0 unspecified atom stereocenters. The van der Waals surface area contributed by atoms with E-state index in [4.69, 9.17) is 24.7 Å². The lowest BCUT2D eigenvalue weighted by Gasteiger charge is -2.47. The first-order valence-corrected chi connectivity index (χ1v) is 16.5. The molecular weight excluding hydrogens is 584 g/mol. The summed E-state index contributed by atoms with van der Waals surface area (Å²) in [6.45, 7) is 11.6. The van der Waals surface area contributed by atoms with Gasteiger partial charge in [0.05, 0.1) is 38.1 Å². The van der Waals surface area contributed by atoms with Crippen LogP contribution in [0.5, 0.6) is 11.5 Å². The van der Waals surface area contributed by atoms with Crippen LogP contribution < -0.4 is 25.4 Å². The molecular formula is C36H54N4O6. The second-order valence-corrected chi connectivity index (χ2v) is 13.5. The molecule has 4 rings (SSSR count). The molecule has 0 aliphatic carbocycles. The Morgan fingerprint density at radius 3 is 2.52 bits per heavy atom. The SMILES string of the molecule is CNC(=O)C(C)(C)C[C@H]1C[C@H](c2ccc(OC)cc2)[C@@H](OCc2ccc3c(c2)N(CCCOC)CCO3)CN1C(=O)[C@@H](N)C(C)C. The summed E-state index contributed by atoms with van der Waals surface area (Å²) in [5.74, 6) is 1.46. The molecule has 2 amide bonds. The van der Waals surface area contributed by atoms with E-state index in [9.17, 15) is 9.59 Å². The predicted molar refractivity (Wildman–Crippen MR) is 180 cm³/mol. The fourth-order valence-electron chi connectivity index (χ4n) is 6.62. The molecule has 2 heterocycles. The van der Waals surface area contributed by atoms with Crippen molar-refractivity contribution in [3.8, 4) is 11.5 Å². The first kappa shape index (κ1) is 35.5. The average molecular weight is 639 g/mol. The fraction of sp³-hybridized carbons (Fsp3) is 0.611. The van der Waals surface area contributed by atoms with Gasteiger partial charge in [0.1, 0.15) is 18.1 Å². The normalized spacial score (nSPS) is 20.6. The molecule has 46 heavy (non-hydrogen) atoms. The van der Waals surface area contributed by atoms with E-state index in [1.165, 1.54) is 0 Å². The van der Waals surface area contributed by atoms with Gasteiger partial charge in [0.2, 0.25) is 11.8 Å². The lowest BCUT2D eigenvalue weighted by molar-refractivity contribution is -0.146. The monoisotopic (exact) mass is 638 g/mol. The van der Waals surface area contributed by atoms with Crippen molar-refractivity contribution < 1.29 is 28.5 Å². The summed E-state index contributed by atoms with van der Waals surface area (Å²) in [6, 6.07) is 13.5. The Morgan fingerprint density at radius 2 is 1.87 bits per heavy atom. The number of nitrogens with zero attached hydrogens (tertiary/aromatic N) is 2. The van der Waals surface area contributed by atoms with Crippen molar-refractivity contribution >= 4 is 17.5 Å². The highest BCUT2D eigenvalue weighted by Crippen LogP contribution is 2.40. The number of hydrogen-bond acceptors (Lipinski definition) is 8. The van der Waals surface area contributed by atoms with Crippen molar-refractivity contribution in [3.63, 3.8) is 0 Å². The summed E-state index contributed by atoms with van der Waals surface area (Å²) < 4.78 is 23.4. The van der Waals surface area contributed by atoms with Crippen LogP contribution in [0.25, 0.3) is 0 Å². The molecule has 0 aromatic heterocycles. The standard InChI is InChI=1S/C36H54N4O6/c1-24(2)33(37)34(41)40-22-32(46-23-25-9-14-31-30(19-25)39(16-18-45-31)15-8-17-43-6)29(26-10-12-28(44-7)13-11-26)20-27(40)21-36(3,4)35(42)38-5/h9-14,19,24,27,29,32-33H,8,15-18,20-23,37H2,1-7H3,(H,38,42)/t27-,29-,32+,33+/m1/s1. The number of carbonyl (C=O) groups excluding carboxylic acids is 2. The van der Waals surface area contributed by atoms with E-state index >= 15 is 0 Å². The number of ether oxygens (including phenoxy) is 4. The maximum atomic E-state index is 13.9. The Kier molecular flexibility index (Phi) is 12.3. The van der Waals surface area contributed by atoms with Crippen LogP contribution >= 0.6 is 0 Å². The van der Waals surface area contributed by atoms with Gasteiger partial charge in [-0.1, -0.05) is 45.9 Å². The minimum Gasteiger partial charge on any atom is -0.497 e. The van der Waals surface area contributed by atoms with Crippen LogP contribution in [0.2, 0.25) is 0 Å². The number of methoxy groups -OCH3 is 2. The molecule has 0 saturated carbocycles. The van der Waals surface area contributed by atoms with Crippen LogP contribution in [0.3, 0.4) is 0 Å². The number of rotatable bonds is 14. The number of nitrogens with two attached hydrogens (primary N) is 1. The fourth-order valence-corrected chi connectivity index (χ4v) is 6.62. The zero-order chi connectivity index (χ0) is 33.4. The predicted octanol–water partition coefficient (Wildman–Crippen LogP) is 4.35. The summed E-state index contributed by atoms with van der Waals surface area (Å²) in [4.78, 5) is 31.0. The summed E-state index contributed by atoms with van der Waals surface area (Å²) in [5, 5.41) is 2.80. The highest BCUT2D eigenvalue weighted by atomic mass is 16.5. The molecule has 2 aromatic rings. The van der Waals surface area contributed by atoms with Crippen LogP contribution in [0.1, 0.15) is 64.0 Å². The van der Waals surface area contributed by atoms with Crippen molar-refractivity contribution in [2.75, 3.05) is 59.0 Å². The van der Waals surface area contributed by atoms with Gasteiger partial charge >= 0.3 is 0 Å². The van der Waals surface area contributed by atoms with Crippen LogP contribution in [0, 0.1) is 11.3 Å². The van der Waals surface area contributed by atoms with E-state index in [1.807, 2.05) is 50.8 Å². The van der Waals surface area contributed by atoms with Crippen LogP contribution in [-0.2, 0) is 25.7 Å². The Bertz CT molecular complexity index is 1300. The number of fused-ring (bicyclic) bond motifs is 1. The summed E-state index contributed by atoms with van der Waals surface area (Å²) in [6.07, 6.45) is 1.79. The Hall–Kier alpha value is -3.34. The average Bonchev–Trinajstić information content (AvgIpc) is 3.06. The topological polar surface area (TPSA) is 116 Å². The number of hydrogen-bond donors (Lipinski definition) is 2. The van der Waals surface area contributed by atoms with E-state index < -0.39 is 11.5 Å². The third-order valence-electron chi connectivity index (χ3n) is 9.43. The highest BCUT2D eigenvalue weighted by molar-refractivity contribution is 5.83. The van der Waals surface area contributed by atoms with Crippen molar-refractivity contribution in [1.29, 1.82) is 0 Å². The van der Waals surface area contributed by atoms with Gasteiger partial charge in [-0.2, -0.15) is 0 Å². The summed E-state index contributed by atoms with van der Waals surface area (Å²) in [5.41, 5.74) is 8.99.